The molecule has 1 aromatic rings. The van der Waals surface area contributed by atoms with E-state index in [4.69, 9.17) is 10.2 Å². The van der Waals surface area contributed by atoms with E-state index in [0.717, 1.165) is 10.0 Å². The minimum absolute atomic E-state index is 0.414. The molecule has 0 saturated heterocycles. The van der Waals surface area contributed by atoms with E-state index in [2.05, 4.69) is 0 Å². The van der Waals surface area contributed by atoms with Crippen LogP contribution in [-0.2, 0) is 14.4 Å². The molecular formula is C12H14N2O5. The molecule has 7 heteroatoms. The van der Waals surface area contributed by atoms with Gasteiger partial charge in [-0.15, -0.1) is 0 Å². The highest BCUT2D eigenvalue weighted by atomic mass is 16.4. The van der Waals surface area contributed by atoms with Gasteiger partial charge in [0.2, 0.25) is 5.91 Å². The van der Waals surface area contributed by atoms with Crippen molar-refractivity contribution in [2.45, 2.75) is 6.92 Å². The van der Waals surface area contributed by atoms with E-state index in [0.29, 0.717) is 5.69 Å². The van der Waals surface area contributed by atoms with Crippen LogP contribution in [0.1, 0.15) is 6.92 Å². The lowest BCUT2D eigenvalue weighted by atomic mass is 10.3. The Morgan fingerprint density at radius 2 is 1.47 bits per heavy atom. The molecular weight excluding hydrogens is 252 g/mol. The minimum atomic E-state index is -1.22. The number of rotatable bonds is 6. The number of aliphatic carboxylic acids is 2. The van der Waals surface area contributed by atoms with Crippen molar-refractivity contribution >= 4 is 23.5 Å². The Labute approximate surface area is 109 Å². The van der Waals surface area contributed by atoms with Crippen LogP contribution in [0.15, 0.2) is 30.3 Å². The van der Waals surface area contributed by atoms with Crippen molar-refractivity contribution in [2.75, 3.05) is 18.1 Å². The first-order valence-corrected chi connectivity index (χ1v) is 5.46. The summed E-state index contributed by atoms with van der Waals surface area (Å²) < 4.78 is 0. The Kier molecular flexibility index (Phi) is 5.01. The second-order valence-corrected chi connectivity index (χ2v) is 3.78. The molecule has 1 amide bonds. The van der Waals surface area contributed by atoms with E-state index >= 15 is 0 Å². The van der Waals surface area contributed by atoms with Crippen LogP contribution < -0.4 is 5.01 Å². The molecule has 0 fully saturated rings. The van der Waals surface area contributed by atoms with Gasteiger partial charge in [0.15, 0.2) is 0 Å². The second-order valence-electron chi connectivity index (χ2n) is 3.78. The number of carboxylic acid groups (broad SMARTS) is 2. The van der Waals surface area contributed by atoms with Gasteiger partial charge in [0.25, 0.3) is 0 Å². The first-order chi connectivity index (χ1) is 8.91. The van der Waals surface area contributed by atoms with Gasteiger partial charge in [-0.05, 0) is 12.1 Å². The number of carboxylic acids is 2. The fraction of sp³-hybridized carbons (Fsp3) is 0.250. The highest BCUT2D eigenvalue weighted by Crippen LogP contribution is 2.16. The maximum absolute atomic E-state index is 11.6. The molecule has 0 spiro atoms. The van der Waals surface area contributed by atoms with Gasteiger partial charge in [0.05, 0.1) is 5.69 Å². The largest absolute Gasteiger partial charge is 0.480 e. The Hall–Kier alpha value is -2.41. The van der Waals surface area contributed by atoms with Gasteiger partial charge in [-0.25, -0.2) is 5.01 Å². The Bertz CT molecular complexity index is 458. The summed E-state index contributed by atoms with van der Waals surface area (Å²) in [5, 5.41) is 19.6. The highest BCUT2D eigenvalue weighted by Gasteiger charge is 2.24. The first-order valence-electron chi connectivity index (χ1n) is 5.46. The summed E-state index contributed by atoms with van der Waals surface area (Å²) in [6.07, 6.45) is 0. The molecule has 0 bridgehead atoms. The first kappa shape index (κ1) is 14.7. The van der Waals surface area contributed by atoms with Gasteiger partial charge in [0.1, 0.15) is 13.1 Å². The third-order valence-electron chi connectivity index (χ3n) is 2.22. The van der Waals surface area contributed by atoms with E-state index < -0.39 is 30.9 Å². The summed E-state index contributed by atoms with van der Waals surface area (Å²) in [4.78, 5) is 33.2. The summed E-state index contributed by atoms with van der Waals surface area (Å²) in [6, 6.07) is 8.27. The lowest BCUT2D eigenvalue weighted by Crippen LogP contribution is -2.50. The van der Waals surface area contributed by atoms with Gasteiger partial charge in [-0.2, -0.15) is 5.01 Å². The number of amides is 1. The van der Waals surface area contributed by atoms with E-state index in [1.165, 1.54) is 6.92 Å². The summed E-state index contributed by atoms with van der Waals surface area (Å²) in [7, 11) is 0. The monoisotopic (exact) mass is 266 g/mol. The number of nitrogens with zero attached hydrogens (tertiary/aromatic N) is 2. The molecule has 0 aromatic heterocycles. The third kappa shape index (κ3) is 4.40. The van der Waals surface area contributed by atoms with Gasteiger partial charge in [-0.1, -0.05) is 18.2 Å². The minimum Gasteiger partial charge on any atom is -0.480 e. The highest BCUT2D eigenvalue weighted by molar-refractivity contribution is 5.91. The Balaban J connectivity index is 3.08. The number of benzene rings is 1. The van der Waals surface area contributed by atoms with Crippen molar-refractivity contribution < 1.29 is 24.6 Å². The lowest BCUT2D eigenvalue weighted by molar-refractivity contribution is -0.142. The van der Waals surface area contributed by atoms with Crippen molar-refractivity contribution in [3.8, 4) is 0 Å². The van der Waals surface area contributed by atoms with E-state index in [1.54, 1.807) is 30.3 Å². The molecule has 0 unspecified atom stereocenters. The zero-order valence-corrected chi connectivity index (χ0v) is 10.3. The van der Waals surface area contributed by atoms with Crippen molar-refractivity contribution in [3.05, 3.63) is 30.3 Å². The molecule has 0 aliphatic carbocycles. The smallest absolute Gasteiger partial charge is 0.319 e. The van der Waals surface area contributed by atoms with Gasteiger partial charge < -0.3 is 10.2 Å². The van der Waals surface area contributed by atoms with Gasteiger partial charge in [0, 0.05) is 6.92 Å². The molecule has 0 aliphatic heterocycles. The number of hydrogen-bond acceptors (Lipinski definition) is 4. The van der Waals surface area contributed by atoms with Crippen LogP contribution in [0.4, 0.5) is 5.69 Å². The predicted octanol–water partition coefficient (Wildman–Crippen LogP) is 0.426. The maximum Gasteiger partial charge on any atom is 0.319 e. The van der Waals surface area contributed by atoms with Crippen LogP contribution in [0.2, 0.25) is 0 Å². The number of carbonyl (C=O) groups excluding carboxylic acids is 1. The topological polar surface area (TPSA) is 98.2 Å². The van der Waals surface area contributed by atoms with Crippen molar-refractivity contribution in [1.29, 1.82) is 0 Å². The summed E-state index contributed by atoms with van der Waals surface area (Å²) >= 11 is 0. The zero-order chi connectivity index (χ0) is 14.4. The Morgan fingerprint density at radius 1 is 1.00 bits per heavy atom. The molecule has 7 nitrogen and oxygen atoms in total. The third-order valence-corrected chi connectivity index (χ3v) is 2.22. The van der Waals surface area contributed by atoms with Gasteiger partial charge >= 0.3 is 11.9 Å². The molecule has 0 saturated carbocycles. The predicted molar refractivity (Wildman–Crippen MR) is 66.4 cm³/mol. The van der Waals surface area contributed by atoms with Crippen LogP contribution in [0.3, 0.4) is 0 Å². The van der Waals surface area contributed by atoms with Crippen molar-refractivity contribution in [3.63, 3.8) is 0 Å². The summed E-state index contributed by atoms with van der Waals surface area (Å²) in [5.74, 6) is -2.90. The van der Waals surface area contributed by atoms with E-state index in [-0.39, 0.29) is 0 Å². The average Bonchev–Trinajstić information content (AvgIpc) is 2.28. The number of hydrogen-bond donors (Lipinski definition) is 2. The molecule has 2 N–H and O–H groups in total. The molecule has 1 aromatic carbocycles. The average molecular weight is 266 g/mol. The van der Waals surface area contributed by atoms with Crippen LogP contribution in [0.25, 0.3) is 0 Å². The van der Waals surface area contributed by atoms with Crippen LogP contribution in [0.5, 0.6) is 0 Å². The van der Waals surface area contributed by atoms with Crippen LogP contribution in [0, 0.1) is 0 Å². The number of anilines is 1. The molecule has 19 heavy (non-hydrogen) atoms. The maximum atomic E-state index is 11.6. The van der Waals surface area contributed by atoms with Gasteiger partial charge in [-0.3, -0.25) is 14.4 Å². The zero-order valence-electron chi connectivity index (χ0n) is 10.3. The molecule has 102 valence electrons. The quantitative estimate of drug-likeness (QED) is 0.724. The lowest BCUT2D eigenvalue weighted by Gasteiger charge is -2.31. The summed E-state index contributed by atoms with van der Waals surface area (Å²) in [6.45, 7) is 0.0747. The second kappa shape index (κ2) is 6.50. The fourth-order valence-electron chi connectivity index (χ4n) is 1.62. The molecule has 1 rings (SSSR count). The standard InChI is InChI=1S/C12H14N2O5/c1-9(15)14(10-5-3-2-4-6-10)13(7-11(16)17)8-12(18)19/h2-6H,7-8H2,1H3,(H,16,17)(H,18,19). The fourth-order valence-corrected chi connectivity index (χ4v) is 1.62. The number of carbonyl (C=O) groups is 3. The molecule has 0 atom stereocenters. The normalized spacial score (nSPS) is 10.2. The summed E-state index contributed by atoms with van der Waals surface area (Å²) in [5.41, 5.74) is 0.414. The number of hydrazine groups is 1. The molecule has 0 radical (unpaired) electrons. The molecule has 0 aliphatic rings. The number of para-hydroxylation sites is 1. The molecule has 0 heterocycles. The Morgan fingerprint density at radius 3 is 1.84 bits per heavy atom. The van der Waals surface area contributed by atoms with Crippen molar-refractivity contribution in [2.24, 2.45) is 0 Å². The SMILES string of the molecule is CC(=O)N(c1ccccc1)N(CC(=O)O)CC(=O)O. The van der Waals surface area contributed by atoms with Crippen LogP contribution in [-0.4, -0.2) is 46.2 Å². The van der Waals surface area contributed by atoms with Crippen molar-refractivity contribution in [1.82, 2.24) is 5.01 Å². The van der Waals surface area contributed by atoms with Crippen LogP contribution >= 0.6 is 0 Å². The van der Waals surface area contributed by atoms with E-state index in [9.17, 15) is 14.4 Å². The van der Waals surface area contributed by atoms with E-state index in [1.807, 2.05) is 0 Å².